The highest BCUT2D eigenvalue weighted by Gasteiger charge is 2.17. The average Bonchev–Trinajstić information content (AvgIpc) is 2.79. The molecule has 0 bridgehead atoms. The van der Waals surface area contributed by atoms with Crippen molar-refractivity contribution in [2.75, 3.05) is 44.8 Å². The molecule has 1 fully saturated rings. The predicted molar refractivity (Wildman–Crippen MR) is 122 cm³/mol. The Kier molecular flexibility index (Phi) is 8.04. The Labute approximate surface area is 183 Å². The fourth-order valence-corrected chi connectivity index (χ4v) is 3.57. The van der Waals surface area contributed by atoms with Crippen LogP contribution in [0.3, 0.4) is 0 Å². The molecule has 160 valence electrons. The maximum atomic E-state index is 12.4. The van der Waals surface area contributed by atoms with Gasteiger partial charge in [0.25, 0.3) is 5.91 Å². The Bertz CT molecular complexity index is 881. The fourth-order valence-electron chi connectivity index (χ4n) is 3.26. The predicted octanol–water partition coefficient (Wildman–Crippen LogP) is 3.67. The van der Waals surface area contributed by atoms with Gasteiger partial charge in [0, 0.05) is 24.3 Å². The van der Waals surface area contributed by atoms with Crippen LogP contribution < -0.4 is 14.8 Å². The maximum absolute atomic E-state index is 12.4. The summed E-state index contributed by atoms with van der Waals surface area (Å²) >= 11 is 5.64. The lowest BCUT2D eigenvalue weighted by molar-refractivity contribution is -0.118. The van der Waals surface area contributed by atoms with Crippen LogP contribution in [0.1, 0.15) is 25.0 Å². The van der Waals surface area contributed by atoms with Crippen molar-refractivity contribution in [3.63, 3.8) is 0 Å². The van der Waals surface area contributed by atoms with Gasteiger partial charge in [0.05, 0.1) is 19.8 Å². The number of para-hydroxylation sites is 1. The van der Waals surface area contributed by atoms with E-state index in [1.54, 1.807) is 6.07 Å². The number of carbonyl (C=O) groups excluding carboxylic acids is 1. The first kappa shape index (κ1) is 22.1. The van der Waals surface area contributed by atoms with Crippen LogP contribution in [0.2, 0.25) is 0 Å². The number of thiocarbonyl (C=S) groups is 1. The molecule has 1 aliphatic heterocycles. The van der Waals surface area contributed by atoms with Crippen molar-refractivity contribution in [1.29, 1.82) is 0 Å². The van der Waals surface area contributed by atoms with Crippen molar-refractivity contribution >= 4 is 28.8 Å². The van der Waals surface area contributed by atoms with Crippen LogP contribution >= 0.6 is 12.2 Å². The molecule has 7 heteroatoms. The summed E-state index contributed by atoms with van der Waals surface area (Å²) in [5.74, 6) is 0.878. The number of rotatable bonds is 8. The summed E-state index contributed by atoms with van der Waals surface area (Å²) in [6, 6.07) is 13.3. The fraction of sp³-hybridized carbons (Fsp3) is 0.391. The third kappa shape index (κ3) is 5.70. The van der Waals surface area contributed by atoms with E-state index in [-0.39, 0.29) is 12.5 Å². The quantitative estimate of drug-likeness (QED) is 0.648. The van der Waals surface area contributed by atoms with Gasteiger partial charge >= 0.3 is 0 Å². The minimum Gasteiger partial charge on any atom is -0.490 e. The molecule has 0 unspecified atom stereocenters. The van der Waals surface area contributed by atoms with E-state index in [9.17, 15) is 4.79 Å². The number of anilines is 1. The van der Waals surface area contributed by atoms with E-state index < -0.39 is 0 Å². The monoisotopic (exact) mass is 428 g/mol. The molecule has 0 atom stereocenters. The van der Waals surface area contributed by atoms with Crippen molar-refractivity contribution < 1.29 is 19.0 Å². The molecule has 0 spiro atoms. The molecule has 1 amide bonds. The zero-order chi connectivity index (χ0) is 21.3. The molecule has 1 N–H and O–H groups in total. The second-order valence-electron chi connectivity index (χ2n) is 6.85. The van der Waals surface area contributed by atoms with E-state index in [0.29, 0.717) is 31.3 Å². The molecular formula is C23H28N2O4S. The van der Waals surface area contributed by atoms with Gasteiger partial charge in [-0.25, -0.2) is 0 Å². The molecule has 30 heavy (non-hydrogen) atoms. The second-order valence-corrected chi connectivity index (χ2v) is 7.23. The lowest BCUT2D eigenvalue weighted by Gasteiger charge is -2.29. The van der Waals surface area contributed by atoms with Gasteiger partial charge in [0.2, 0.25) is 0 Å². The summed E-state index contributed by atoms with van der Waals surface area (Å²) < 4.78 is 16.9. The molecule has 2 aromatic rings. The summed E-state index contributed by atoms with van der Waals surface area (Å²) in [4.78, 5) is 15.3. The van der Waals surface area contributed by atoms with E-state index in [2.05, 4.69) is 17.1 Å². The molecule has 2 aromatic carbocycles. The lowest BCUT2D eigenvalue weighted by atomic mass is 10.1. The van der Waals surface area contributed by atoms with Crippen LogP contribution in [0, 0.1) is 0 Å². The van der Waals surface area contributed by atoms with E-state index in [0.717, 1.165) is 41.3 Å². The van der Waals surface area contributed by atoms with Crippen molar-refractivity contribution in [2.45, 2.75) is 20.3 Å². The van der Waals surface area contributed by atoms with Crippen LogP contribution in [-0.4, -0.2) is 55.3 Å². The highest BCUT2D eigenvalue weighted by Crippen LogP contribution is 2.29. The van der Waals surface area contributed by atoms with Crippen LogP contribution in [0.25, 0.3) is 0 Å². The first-order chi connectivity index (χ1) is 14.6. The average molecular weight is 429 g/mol. The minimum absolute atomic E-state index is 0.106. The lowest BCUT2D eigenvalue weighted by Crippen LogP contribution is -2.40. The number of nitrogens with zero attached hydrogens (tertiary/aromatic N) is 1. The number of ether oxygens (including phenoxy) is 3. The zero-order valence-corrected chi connectivity index (χ0v) is 18.3. The number of hydrogen-bond donors (Lipinski definition) is 1. The Morgan fingerprint density at radius 1 is 1.10 bits per heavy atom. The number of benzene rings is 2. The molecule has 0 radical (unpaired) electrons. The van der Waals surface area contributed by atoms with Gasteiger partial charge in [0.15, 0.2) is 18.1 Å². The number of amides is 1. The van der Waals surface area contributed by atoms with Gasteiger partial charge in [-0.2, -0.15) is 0 Å². The van der Waals surface area contributed by atoms with Crippen LogP contribution in [0.5, 0.6) is 11.5 Å². The first-order valence-electron chi connectivity index (χ1n) is 10.3. The van der Waals surface area contributed by atoms with Gasteiger partial charge in [-0.3, -0.25) is 4.79 Å². The third-order valence-electron chi connectivity index (χ3n) is 4.82. The van der Waals surface area contributed by atoms with Crippen molar-refractivity contribution in [3.05, 3.63) is 53.6 Å². The molecular weight excluding hydrogens is 400 g/mol. The maximum Gasteiger partial charge on any atom is 0.262 e. The molecule has 1 aliphatic rings. The molecule has 1 saturated heterocycles. The molecule has 6 nitrogen and oxygen atoms in total. The Morgan fingerprint density at radius 2 is 1.87 bits per heavy atom. The first-order valence-corrected chi connectivity index (χ1v) is 10.7. The van der Waals surface area contributed by atoms with E-state index >= 15 is 0 Å². The van der Waals surface area contributed by atoms with E-state index in [1.165, 1.54) is 0 Å². The molecule has 0 aliphatic carbocycles. The van der Waals surface area contributed by atoms with Gasteiger partial charge in [0.1, 0.15) is 4.99 Å². The Hall–Kier alpha value is -2.64. The largest absolute Gasteiger partial charge is 0.490 e. The topological polar surface area (TPSA) is 60.0 Å². The van der Waals surface area contributed by atoms with Crippen LogP contribution in [0.4, 0.5) is 5.69 Å². The SMILES string of the molecule is CCOc1cc(C(=S)N2CCOCC2)ccc1OCC(=O)Nc1ccccc1CC. The number of nitrogens with one attached hydrogen (secondary N) is 1. The minimum atomic E-state index is -0.216. The summed E-state index contributed by atoms with van der Waals surface area (Å²) in [6.07, 6.45) is 0.844. The number of morpholine rings is 1. The summed E-state index contributed by atoms with van der Waals surface area (Å²) in [7, 11) is 0. The van der Waals surface area contributed by atoms with Crippen molar-refractivity contribution in [3.8, 4) is 11.5 Å². The zero-order valence-electron chi connectivity index (χ0n) is 17.5. The van der Waals surface area contributed by atoms with Crippen molar-refractivity contribution in [1.82, 2.24) is 4.90 Å². The number of carbonyl (C=O) groups is 1. The van der Waals surface area contributed by atoms with Gasteiger partial charge in [-0.15, -0.1) is 0 Å². The van der Waals surface area contributed by atoms with Crippen LogP contribution in [0.15, 0.2) is 42.5 Å². The number of hydrogen-bond acceptors (Lipinski definition) is 5. The van der Waals surface area contributed by atoms with Gasteiger partial charge in [-0.1, -0.05) is 37.3 Å². The van der Waals surface area contributed by atoms with Gasteiger partial charge in [-0.05, 0) is 43.2 Å². The molecule has 0 saturated carbocycles. The number of aryl methyl sites for hydroxylation is 1. The highest BCUT2D eigenvalue weighted by molar-refractivity contribution is 7.80. The van der Waals surface area contributed by atoms with Crippen LogP contribution in [-0.2, 0) is 16.0 Å². The standard InChI is InChI=1S/C23H28N2O4S/c1-3-17-7-5-6-8-19(17)24-22(26)16-29-20-10-9-18(15-21(20)28-4-2)23(30)25-11-13-27-14-12-25/h5-10,15H,3-4,11-14,16H2,1-2H3,(H,24,26). The third-order valence-corrected chi connectivity index (χ3v) is 5.31. The molecule has 0 aromatic heterocycles. The molecule has 3 rings (SSSR count). The molecule has 1 heterocycles. The Balaban J connectivity index is 1.66. The van der Waals surface area contributed by atoms with Gasteiger partial charge < -0.3 is 24.4 Å². The smallest absolute Gasteiger partial charge is 0.262 e. The summed E-state index contributed by atoms with van der Waals surface area (Å²) in [5, 5.41) is 2.91. The highest BCUT2D eigenvalue weighted by atomic mass is 32.1. The van der Waals surface area contributed by atoms with Crippen molar-refractivity contribution in [2.24, 2.45) is 0 Å². The Morgan fingerprint density at radius 3 is 2.60 bits per heavy atom. The second kappa shape index (κ2) is 10.9. The van der Waals surface area contributed by atoms with E-state index in [1.807, 2.05) is 43.3 Å². The summed E-state index contributed by atoms with van der Waals surface area (Å²) in [5.41, 5.74) is 2.79. The van der Waals surface area contributed by atoms with E-state index in [4.69, 9.17) is 26.4 Å². The normalized spacial score (nSPS) is 13.6. The summed E-state index contributed by atoms with van der Waals surface area (Å²) in [6.45, 7) is 7.25.